The topological polar surface area (TPSA) is 51.6 Å². The number of rotatable bonds is 17. The van der Waals surface area contributed by atoms with Crippen molar-refractivity contribution in [3.05, 3.63) is 257 Å². The molecule has 6 aromatic carbocycles. The van der Waals surface area contributed by atoms with E-state index in [1.165, 1.54) is 76.5 Å². The minimum Gasteiger partial charge on any atom is -0.0622 e. The van der Waals surface area contributed by atoms with Gasteiger partial charge in [-0.1, -0.05) is 207 Å². The normalized spacial score (nSPS) is 10.4. The molecular formula is C65H71Cl5N4P2PdS2Sn. The predicted octanol–water partition coefficient (Wildman–Crippen LogP) is 19.3. The summed E-state index contributed by atoms with van der Waals surface area (Å²) in [6.07, 6.45) is 11.7. The molecule has 10 aromatic rings. The van der Waals surface area contributed by atoms with Gasteiger partial charge in [0.25, 0.3) is 0 Å². The van der Waals surface area contributed by atoms with Crippen molar-refractivity contribution in [1.29, 1.82) is 0 Å². The van der Waals surface area contributed by atoms with E-state index in [2.05, 4.69) is 252 Å². The van der Waals surface area contributed by atoms with Crippen LogP contribution in [-0.4, -0.2) is 38.3 Å². The smallest absolute Gasteiger partial charge is 0.0134 e. The van der Waals surface area contributed by atoms with Gasteiger partial charge in [0.15, 0.2) is 0 Å². The largest absolute Gasteiger partial charge is 0.0622 e. The van der Waals surface area contributed by atoms with Crippen LogP contribution >= 0.6 is 92.4 Å². The Morgan fingerprint density at radius 2 is 0.738 bits per heavy atom. The summed E-state index contributed by atoms with van der Waals surface area (Å²) < 4.78 is 6.67. The van der Waals surface area contributed by atoms with E-state index in [-0.39, 0.29) is 28.6 Å². The summed E-state index contributed by atoms with van der Waals surface area (Å²) in [4.78, 5) is 16.2. The van der Waals surface area contributed by atoms with Crippen LogP contribution in [0.2, 0.25) is 29.0 Å². The Bertz CT molecular complexity index is 2730. The SMILES string of the molecule is C.CCC[CH2][Sn]([CH2]CCC)([CH2]CCC)[c]1cccs1.Clc1ccnc(Cl)n1.Clc1nccc(-c2cccs2)n1.[Cl][Pd][Cl].c1ccc(P(c2ccccc2)c2ccccc2)cc1.c1ccc(P(c2ccccc2)c2ccccc2)cc1. The van der Waals surface area contributed by atoms with Gasteiger partial charge in [-0.05, 0) is 94.5 Å². The van der Waals surface area contributed by atoms with E-state index in [0.717, 1.165) is 10.6 Å². The average molecular weight is 1440 g/mol. The van der Waals surface area contributed by atoms with Gasteiger partial charge in [-0.15, -0.1) is 11.3 Å². The maximum Gasteiger partial charge on any atom is -0.0134 e. The molecule has 4 aromatic heterocycles. The molecule has 0 fully saturated rings. The van der Waals surface area contributed by atoms with E-state index in [1.807, 2.05) is 26.5 Å². The van der Waals surface area contributed by atoms with E-state index in [9.17, 15) is 0 Å². The van der Waals surface area contributed by atoms with Crippen LogP contribution in [0, 0.1) is 0 Å². The molecule has 15 heteroatoms. The minimum absolute atomic E-state index is 0. The standard InChI is InChI=1S/2C18H15P.C8H5ClN2S.C4H2Cl2N2.C4H3S.3C4H9.CH4.2ClH.Pd.Sn/c2*1-4-10-16(11-5-1)19(17-12-6-2-7-13-17)18-14-8-3-9-15-18;9-8-10-4-3-6(11-8)7-2-1-5-12-7;5-3-1-2-7-4(6)8-3;1-2-4-5-3-1;3*1-3-4-2;;;;;/h2*1-15H;1-5H;1-2H;1-3H;3*1,3-4H2,2H3;1H4;2*1H;;/q;;;;;;;;;;;+2;/p-2. The molecule has 0 saturated heterocycles. The molecule has 422 valence electrons. The maximum absolute atomic E-state index is 5.64. The molecule has 0 unspecified atom stereocenters. The summed E-state index contributed by atoms with van der Waals surface area (Å²) in [6.45, 7) is 7.06. The van der Waals surface area contributed by atoms with Crippen LogP contribution in [0.15, 0.2) is 242 Å². The van der Waals surface area contributed by atoms with Crippen LogP contribution in [0.25, 0.3) is 10.6 Å². The molecule has 0 amide bonds. The van der Waals surface area contributed by atoms with Crippen LogP contribution < -0.4 is 34.7 Å². The first-order valence-electron chi connectivity index (χ1n) is 26.2. The van der Waals surface area contributed by atoms with Crippen LogP contribution in [-0.2, 0) is 15.9 Å². The summed E-state index contributed by atoms with van der Waals surface area (Å²) in [7, 11) is 8.74. The number of halogens is 5. The summed E-state index contributed by atoms with van der Waals surface area (Å²) >= 11 is 18.0. The average Bonchev–Trinajstić information content (AvgIpc) is 4.28. The van der Waals surface area contributed by atoms with Crippen molar-refractivity contribution in [3.63, 3.8) is 0 Å². The van der Waals surface area contributed by atoms with Crippen molar-refractivity contribution in [3.8, 4) is 10.6 Å². The van der Waals surface area contributed by atoms with Gasteiger partial charge < -0.3 is 0 Å². The number of hydrogen-bond acceptors (Lipinski definition) is 6. The first-order chi connectivity index (χ1) is 38.7. The van der Waals surface area contributed by atoms with Gasteiger partial charge >= 0.3 is 158 Å². The molecule has 0 radical (unpaired) electrons. The molecule has 4 nitrogen and oxygen atoms in total. The zero-order chi connectivity index (χ0) is 56.2. The summed E-state index contributed by atoms with van der Waals surface area (Å²) in [5.41, 5.74) is 0.880. The fourth-order valence-corrected chi connectivity index (χ4v) is 34.1. The Kier molecular flexibility index (Phi) is 36.0. The van der Waals surface area contributed by atoms with Crippen molar-refractivity contribution in [2.24, 2.45) is 0 Å². The van der Waals surface area contributed by atoms with Gasteiger partial charge in [-0.3, -0.25) is 0 Å². The molecule has 0 N–H and O–H groups in total. The minimum atomic E-state index is -2.01. The number of hydrogen-bond donors (Lipinski definition) is 0. The second-order valence-corrected chi connectivity index (χ2v) is 41.6. The van der Waals surface area contributed by atoms with Gasteiger partial charge in [0.05, 0.1) is 10.6 Å². The summed E-state index contributed by atoms with van der Waals surface area (Å²) in [5, 5.41) is 13.5. The number of aromatic nitrogens is 4. The molecule has 10 rings (SSSR count). The molecule has 0 saturated carbocycles. The van der Waals surface area contributed by atoms with Crippen molar-refractivity contribution in [2.75, 3.05) is 0 Å². The molecule has 0 aliphatic heterocycles. The third-order valence-corrected chi connectivity index (χ3v) is 37.8. The van der Waals surface area contributed by atoms with Crippen molar-refractivity contribution < 1.29 is 15.9 Å². The summed E-state index contributed by atoms with van der Waals surface area (Å²) in [5.74, 6) is 0. The summed E-state index contributed by atoms with van der Waals surface area (Å²) in [6, 6.07) is 76.8. The molecular weight excluding hydrogens is 1370 g/mol. The Labute approximate surface area is 523 Å². The monoisotopic (exact) mass is 1430 g/mol. The zero-order valence-electron chi connectivity index (χ0n) is 44.7. The molecule has 0 atom stereocenters. The molecule has 80 heavy (non-hydrogen) atoms. The number of unbranched alkanes of at least 4 members (excludes halogenated alkanes) is 3. The zero-order valence-corrected chi connectivity index (χ0v) is 56.3. The number of thiophene rings is 2. The van der Waals surface area contributed by atoms with Crippen molar-refractivity contribution in [2.45, 2.75) is 80.0 Å². The van der Waals surface area contributed by atoms with Gasteiger partial charge in [0.1, 0.15) is 5.15 Å². The van der Waals surface area contributed by atoms with E-state index in [0.29, 0.717) is 10.4 Å². The molecule has 0 aliphatic rings. The Balaban J connectivity index is 0.000000217. The van der Waals surface area contributed by atoms with Crippen LogP contribution in [0.1, 0.15) is 66.7 Å². The number of nitrogens with zero attached hydrogens (tertiary/aromatic N) is 4. The van der Waals surface area contributed by atoms with Gasteiger partial charge in [-0.2, -0.15) is 0 Å². The van der Waals surface area contributed by atoms with Crippen molar-refractivity contribution in [1.82, 2.24) is 19.9 Å². The molecule has 0 bridgehead atoms. The van der Waals surface area contributed by atoms with Gasteiger partial charge in [-0.25, -0.2) is 19.9 Å². The molecule has 4 heterocycles. The second-order valence-electron chi connectivity index (χ2n) is 17.6. The second kappa shape index (κ2) is 41.6. The maximum atomic E-state index is 5.64. The van der Waals surface area contributed by atoms with E-state index >= 15 is 0 Å². The van der Waals surface area contributed by atoms with Crippen LogP contribution in [0.3, 0.4) is 0 Å². The fourth-order valence-electron chi connectivity index (χ4n) is 8.44. The fraction of sp³-hybridized carbons (Fsp3) is 0.200. The predicted molar refractivity (Wildman–Crippen MR) is 360 cm³/mol. The third kappa shape index (κ3) is 24.9. The van der Waals surface area contributed by atoms with Crippen LogP contribution in [0.5, 0.6) is 0 Å². The Morgan fingerprint density at radius 1 is 0.412 bits per heavy atom. The first-order valence-corrected chi connectivity index (χ1v) is 43.2. The van der Waals surface area contributed by atoms with Gasteiger partial charge in [0.2, 0.25) is 10.6 Å². The van der Waals surface area contributed by atoms with Crippen LogP contribution in [0.4, 0.5) is 0 Å². The van der Waals surface area contributed by atoms with E-state index in [1.54, 1.807) is 36.9 Å². The number of benzene rings is 6. The quantitative estimate of drug-likeness (QED) is 0.0395. The first kappa shape index (κ1) is 69.1. The molecule has 0 spiro atoms. The molecule has 0 aliphatic carbocycles. The van der Waals surface area contributed by atoms with E-state index < -0.39 is 34.2 Å². The Morgan fingerprint density at radius 3 is 1.00 bits per heavy atom. The third-order valence-electron chi connectivity index (χ3n) is 12.1. The van der Waals surface area contributed by atoms with E-state index in [4.69, 9.17) is 53.9 Å². The van der Waals surface area contributed by atoms with Gasteiger partial charge in [0, 0.05) is 12.4 Å². The Hall–Kier alpha value is -3.35. The van der Waals surface area contributed by atoms with Crippen molar-refractivity contribution >= 4 is 145 Å².